The number of hydrogen-bond donors (Lipinski definition) is 1. The molecule has 1 unspecified atom stereocenters. The Labute approximate surface area is 90.4 Å². The molecule has 0 radical (unpaired) electrons. The van der Waals surface area contributed by atoms with E-state index in [1.54, 1.807) is 6.20 Å². The molecule has 1 aromatic heterocycles. The van der Waals surface area contributed by atoms with Crippen molar-refractivity contribution in [3.8, 4) is 0 Å². The molecule has 80 valence electrons. The second-order valence-electron chi connectivity index (χ2n) is 3.63. The Morgan fingerprint density at radius 2 is 2.36 bits per heavy atom. The molecule has 0 aromatic carbocycles. The Balaban J connectivity index is 2.35. The molecule has 0 saturated heterocycles. The summed E-state index contributed by atoms with van der Waals surface area (Å²) >= 11 is 5.90. The minimum atomic E-state index is 0.571. The zero-order valence-corrected chi connectivity index (χ0v) is 9.80. The number of halogens is 1. The van der Waals surface area contributed by atoms with Gasteiger partial charge in [0.1, 0.15) is 0 Å². The van der Waals surface area contributed by atoms with Crippen molar-refractivity contribution < 1.29 is 0 Å². The highest BCUT2D eigenvalue weighted by Gasteiger charge is 2.04. The molecule has 0 aliphatic rings. The number of nitrogens with one attached hydrogen (secondary N) is 1. The van der Waals surface area contributed by atoms with Crippen LogP contribution in [0.25, 0.3) is 0 Å². The van der Waals surface area contributed by atoms with Crippen LogP contribution in [-0.2, 0) is 6.54 Å². The van der Waals surface area contributed by atoms with E-state index in [-0.39, 0.29) is 0 Å². The first-order valence-electron chi connectivity index (χ1n) is 5.00. The van der Waals surface area contributed by atoms with Gasteiger partial charge in [-0.05, 0) is 33.7 Å². The second kappa shape index (κ2) is 5.37. The monoisotopic (exact) mass is 215 g/mol. The smallest absolute Gasteiger partial charge is 0.0814 e. The Morgan fingerprint density at radius 1 is 1.64 bits per heavy atom. The molecule has 1 N–H and O–H groups in total. The van der Waals surface area contributed by atoms with Crippen LogP contribution in [0.3, 0.4) is 0 Å². The highest BCUT2D eigenvalue weighted by Crippen LogP contribution is 2.13. The van der Waals surface area contributed by atoms with Gasteiger partial charge < -0.3 is 5.32 Å². The van der Waals surface area contributed by atoms with Gasteiger partial charge in [0, 0.05) is 12.6 Å². The van der Waals surface area contributed by atoms with E-state index in [4.69, 9.17) is 11.6 Å². The number of hydrogen-bond acceptors (Lipinski definition) is 2. The molecule has 1 rings (SSSR count). The van der Waals surface area contributed by atoms with Crippen LogP contribution in [0.2, 0.25) is 5.02 Å². The molecular formula is C10H18ClN3. The maximum Gasteiger partial charge on any atom is 0.0814 e. The molecule has 1 atom stereocenters. The minimum absolute atomic E-state index is 0.571. The van der Waals surface area contributed by atoms with Gasteiger partial charge in [0.2, 0.25) is 0 Å². The van der Waals surface area contributed by atoms with Gasteiger partial charge in [0.05, 0.1) is 16.9 Å². The molecule has 0 bridgehead atoms. The van der Waals surface area contributed by atoms with Crippen LogP contribution in [-0.4, -0.2) is 22.9 Å². The molecule has 0 aliphatic heterocycles. The predicted molar refractivity (Wildman–Crippen MR) is 59.7 cm³/mol. The van der Waals surface area contributed by atoms with Gasteiger partial charge >= 0.3 is 0 Å². The van der Waals surface area contributed by atoms with E-state index < -0.39 is 0 Å². The molecular weight excluding hydrogens is 198 g/mol. The summed E-state index contributed by atoms with van der Waals surface area (Å²) in [5, 5.41) is 8.17. The fourth-order valence-electron chi connectivity index (χ4n) is 1.34. The molecule has 4 heteroatoms. The summed E-state index contributed by atoms with van der Waals surface area (Å²) < 4.78 is 1.96. The van der Waals surface area contributed by atoms with Crippen molar-refractivity contribution in [1.82, 2.24) is 15.1 Å². The van der Waals surface area contributed by atoms with E-state index in [1.807, 2.05) is 18.7 Å². The average Bonchev–Trinajstić information content (AvgIpc) is 2.49. The van der Waals surface area contributed by atoms with Gasteiger partial charge in [-0.3, -0.25) is 4.68 Å². The zero-order chi connectivity index (χ0) is 10.6. The maximum atomic E-state index is 5.90. The quantitative estimate of drug-likeness (QED) is 0.817. The van der Waals surface area contributed by atoms with E-state index in [9.17, 15) is 0 Å². The Morgan fingerprint density at radius 3 is 2.86 bits per heavy atom. The molecule has 0 saturated carbocycles. The summed E-state index contributed by atoms with van der Waals surface area (Å²) in [6.45, 7) is 5.13. The first-order chi connectivity index (χ1) is 6.65. The van der Waals surface area contributed by atoms with Crippen molar-refractivity contribution in [3.05, 3.63) is 16.9 Å². The van der Waals surface area contributed by atoms with E-state index in [2.05, 4.69) is 17.3 Å². The van der Waals surface area contributed by atoms with E-state index in [1.165, 1.54) is 0 Å². The lowest BCUT2D eigenvalue weighted by Gasteiger charge is -2.10. The highest BCUT2D eigenvalue weighted by molar-refractivity contribution is 6.31. The standard InChI is InChI=1S/C10H18ClN3/c1-8(12-3)5-4-6-14-9(2)10(11)7-13-14/h7-8,12H,4-6H2,1-3H3. The third kappa shape index (κ3) is 3.00. The number of rotatable bonds is 5. The number of aryl methyl sites for hydroxylation is 1. The van der Waals surface area contributed by atoms with Crippen molar-refractivity contribution in [3.63, 3.8) is 0 Å². The van der Waals surface area contributed by atoms with Crippen LogP contribution in [0.15, 0.2) is 6.20 Å². The van der Waals surface area contributed by atoms with Crippen LogP contribution in [0.1, 0.15) is 25.5 Å². The number of aromatic nitrogens is 2. The van der Waals surface area contributed by atoms with Gasteiger partial charge in [0.15, 0.2) is 0 Å². The van der Waals surface area contributed by atoms with Gasteiger partial charge in [-0.15, -0.1) is 0 Å². The maximum absolute atomic E-state index is 5.90. The van der Waals surface area contributed by atoms with Crippen LogP contribution >= 0.6 is 11.6 Å². The van der Waals surface area contributed by atoms with Crippen molar-refractivity contribution in [2.45, 2.75) is 39.3 Å². The molecule has 1 aromatic rings. The van der Waals surface area contributed by atoms with Crippen molar-refractivity contribution in [2.24, 2.45) is 0 Å². The van der Waals surface area contributed by atoms with Gasteiger partial charge in [-0.2, -0.15) is 5.10 Å². The van der Waals surface area contributed by atoms with Crippen molar-refractivity contribution >= 4 is 11.6 Å². The lowest BCUT2D eigenvalue weighted by Crippen LogP contribution is -2.21. The molecule has 1 heterocycles. The first kappa shape index (κ1) is 11.5. The molecule has 0 spiro atoms. The average molecular weight is 216 g/mol. The summed E-state index contributed by atoms with van der Waals surface area (Å²) in [4.78, 5) is 0. The molecule has 3 nitrogen and oxygen atoms in total. The largest absolute Gasteiger partial charge is 0.317 e. The predicted octanol–water partition coefficient (Wildman–Crippen LogP) is 2.23. The summed E-state index contributed by atoms with van der Waals surface area (Å²) in [5.74, 6) is 0. The first-order valence-corrected chi connectivity index (χ1v) is 5.38. The van der Waals surface area contributed by atoms with E-state index in [0.717, 1.165) is 30.1 Å². The molecule has 0 aliphatic carbocycles. The van der Waals surface area contributed by atoms with Crippen molar-refractivity contribution in [1.29, 1.82) is 0 Å². The Hall–Kier alpha value is -0.540. The lowest BCUT2D eigenvalue weighted by molar-refractivity contribution is 0.483. The van der Waals surface area contributed by atoms with Gasteiger partial charge in [-0.25, -0.2) is 0 Å². The zero-order valence-electron chi connectivity index (χ0n) is 9.05. The Kier molecular flexibility index (Phi) is 4.42. The van der Waals surface area contributed by atoms with Gasteiger partial charge in [0.25, 0.3) is 0 Å². The SMILES string of the molecule is CNC(C)CCCn1ncc(Cl)c1C. The number of nitrogens with zero attached hydrogens (tertiary/aromatic N) is 2. The molecule has 0 fully saturated rings. The molecule has 14 heavy (non-hydrogen) atoms. The minimum Gasteiger partial charge on any atom is -0.317 e. The Bertz CT molecular complexity index is 283. The normalized spacial score (nSPS) is 13.1. The fourth-order valence-corrected chi connectivity index (χ4v) is 1.48. The van der Waals surface area contributed by atoms with E-state index >= 15 is 0 Å². The van der Waals surface area contributed by atoms with Crippen LogP contribution in [0.5, 0.6) is 0 Å². The topological polar surface area (TPSA) is 29.9 Å². The lowest BCUT2D eigenvalue weighted by atomic mass is 10.2. The van der Waals surface area contributed by atoms with Crippen LogP contribution in [0, 0.1) is 6.92 Å². The molecule has 0 amide bonds. The summed E-state index contributed by atoms with van der Waals surface area (Å²) in [6, 6.07) is 0.571. The van der Waals surface area contributed by atoms with Crippen LogP contribution in [0.4, 0.5) is 0 Å². The second-order valence-corrected chi connectivity index (χ2v) is 4.04. The fraction of sp³-hybridized carbons (Fsp3) is 0.700. The van der Waals surface area contributed by atoms with Gasteiger partial charge in [-0.1, -0.05) is 11.6 Å². The summed E-state index contributed by atoms with van der Waals surface area (Å²) in [6.07, 6.45) is 3.99. The van der Waals surface area contributed by atoms with Crippen molar-refractivity contribution in [2.75, 3.05) is 7.05 Å². The van der Waals surface area contributed by atoms with E-state index in [0.29, 0.717) is 6.04 Å². The third-order valence-corrected chi connectivity index (χ3v) is 2.91. The summed E-state index contributed by atoms with van der Waals surface area (Å²) in [5.41, 5.74) is 1.06. The highest BCUT2D eigenvalue weighted by atomic mass is 35.5. The summed E-state index contributed by atoms with van der Waals surface area (Å²) in [7, 11) is 1.99. The van der Waals surface area contributed by atoms with Crippen LogP contribution < -0.4 is 5.32 Å². The third-order valence-electron chi connectivity index (χ3n) is 2.54.